The van der Waals surface area contributed by atoms with E-state index in [1.54, 1.807) is 4.90 Å². The number of hydrogen-bond acceptors (Lipinski definition) is 5. The average molecular weight is 388 g/mol. The van der Waals surface area contributed by atoms with Crippen LogP contribution in [0.5, 0.6) is 5.75 Å². The number of carbonyl (C=O) groups is 1. The summed E-state index contributed by atoms with van der Waals surface area (Å²) in [5.41, 5.74) is 0.908. The summed E-state index contributed by atoms with van der Waals surface area (Å²) in [6.07, 6.45) is 6.68. The van der Waals surface area contributed by atoms with E-state index in [9.17, 15) is 4.79 Å². The Balaban J connectivity index is 1.24. The molecule has 6 nitrogen and oxygen atoms in total. The summed E-state index contributed by atoms with van der Waals surface area (Å²) < 4.78 is 11.5. The van der Waals surface area contributed by atoms with Crippen LogP contribution < -0.4 is 9.64 Å². The smallest absolute Gasteiger partial charge is 0.240 e. The summed E-state index contributed by atoms with van der Waals surface area (Å²) in [5.74, 6) is 1.01. The molecule has 2 saturated heterocycles. The molecule has 1 aromatic carbocycles. The summed E-state index contributed by atoms with van der Waals surface area (Å²) in [6, 6.07) is 8.79. The summed E-state index contributed by atoms with van der Waals surface area (Å²) in [6.45, 7) is 5.83. The van der Waals surface area contributed by atoms with E-state index in [4.69, 9.17) is 9.47 Å². The number of ether oxygens (including phenoxy) is 2. The number of likely N-dealkylation sites (tertiary alicyclic amines) is 1. The summed E-state index contributed by atoms with van der Waals surface area (Å²) in [5, 5.41) is 0. The number of morpholine rings is 1. The molecule has 28 heavy (non-hydrogen) atoms. The maximum Gasteiger partial charge on any atom is 0.240 e. The first-order valence-electron chi connectivity index (χ1n) is 10.8. The third-order valence-electron chi connectivity index (χ3n) is 6.43. The minimum Gasteiger partial charge on any atom is -0.490 e. The van der Waals surface area contributed by atoms with Gasteiger partial charge in [-0.1, -0.05) is 6.42 Å². The van der Waals surface area contributed by atoms with Crippen molar-refractivity contribution in [1.29, 1.82) is 0 Å². The van der Waals surface area contributed by atoms with Crippen molar-refractivity contribution < 1.29 is 14.3 Å². The van der Waals surface area contributed by atoms with Gasteiger partial charge in [0.05, 0.1) is 19.8 Å². The number of piperidine rings is 1. The fourth-order valence-electron chi connectivity index (χ4n) is 4.25. The topological polar surface area (TPSA) is 45.3 Å². The van der Waals surface area contributed by atoms with Gasteiger partial charge >= 0.3 is 0 Å². The zero-order chi connectivity index (χ0) is 19.3. The predicted octanol–water partition coefficient (Wildman–Crippen LogP) is 2.38. The van der Waals surface area contributed by atoms with Crippen molar-refractivity contribution in [3.05, 3.63) is 24.3 Å². The molecule has 1 aliphatic carbocycles. The molecule has 1 saturated carbocycles. The fourth-order valence-corrected chi connectivity index (χ4v) is 4.25. The van der Waals surface area contributed by atoms with Gasteiger partial charge in [0, 0.05) is 45.0 Å². The number of amides is 1. The van der Waals surface area contributed by atoms with Crippen LogP contribution in [-0.4, -0.2) is 80.8 Å². The van der Waals surface area contributed by atoms with Gasteiger partial charge in [-0.3, -0.25) is 9.69 Å². The third-order valence-corrected chi connectivity index (χ3v) is 6.43. The fraction of sp³-hybridized carbons (Fsp3) is 0.682. The maximum atomic E-state index is 12.5. The number of anilines is 1. The highest BCUT2D eigenvalue weighted by molar-refractivity contribution is 5.94. The quantitative estimate of drug-likeness (QED) is 0.750. The zero-order valence-electron chi connectivity index (χ0n) is 17.0. The summed E-state index contributed by atoms with van der Waals surface area (Å²) in [4.78, 5) is 19.1. The Kier molecular flexibility index (Phi) is 6.50. The van der Waals surface area contributed by atoms with Crippen molar-refractivity contribution in [2.24, 2.45) is 0 Å². The number of benzene rings is 1. The lowest BCUT2D eigenvalue weighted by Gasteiger charge is -2.41. The standard InChI is InChI=1S/C22H33N3O3/c1-23(22(26)17-24-13-15-27-16-14-24)18-5-7-20(8-6-18)28-21-9-11-25(12-10-21)19-3-2-4-19/h5-8,19,21H,2-4,9-17H2,1H3. The predicted molar refractivity (Wildman–Crippen MR) is 110 cm³/mol. The Hall–Kier alpha value is -1.63. The van der Waals surface area contributed by atoms with Crippen LogP contribution >= 0.6 is 0 Å². The average Bonchev–Trinajstić information content (AvgIpc) is 2.69. The molecule has 0 aromatic heterocycles. The molecule has 2 aliphatic heterocycles. The molecule has 0 radical (unpaired) electrons. The monoisotopic (exact) mass is 387 g/mol. The van der Waals surface area contributed by atoms with Crippen molar-refractivity contribution >= 4 is 11.6 Å². The first kappa shape index (κ1) is 19.7. The van der Waals surface area contributed by atoms with Gasteiger partial charge in [0.25, 0.3) is 0 Å². The van der Waals surface area contributed by atoms with Crippen molar-refractivity contribution in [2.45, 2.75) is 44.2 Å². The highest BCUT2D eigenvalue weighted by Gasteiger charge is 2.29. The van der Waals surface area contributed by atoms with Gasteiger partial charge in [-0.15, -0.1) is 0 Å². The maximum absolute atomic E-state index is 12.5. The lowest BCUT2D eigenvalue weighted by Crippen LogP contribution is -2.46. The van der Waals surface area contributed by atoms with Crippen LogP contribution in [0.15, 0.2) is 24.3 Å². The van der Waals surface area contributed by atoms with Gasteiger partial charge in [-0.2, -0.15) is 0 Å². The van der Waals surface area contributed by atoms with Crippen LogP contribution in [0.4, 0.5) is 5.69 Å². The molecule has 2 heterocycles. The number of carbonyl (C=O) groups excluding carboxylic acids is 1. The van der Waals surface area contributed by atoms with Gasteiger partial charge in [0.1, 0.15) is 11.9 Å². The molecule has 3 aliphatic rings. The van der Waals surface area contributed by atoms with Crippen LogP contribution in [0.1, 0.15) is 32.1 Å². The first-order valence-corrected chi connectivity index (χ1v) is 10.8. The van der Waals surface area contributed by atoms with E-state index in [0.717, 1.165) is 56.5 Å². The van der Waals surface area contributed by atoms with Gasteiger partial charge < -0.3 is 19.3 Å². The Morgan fingerprint density at radius 1 is 1.07 bits per heavy atom. The number of likely N-dealkylation sites (N-methyl/N-ethyl adjacent to an activating group) is 1. The van der Waals surface area contributed by atoms with Crippen molar-refractivity contribution in [3.63, 3.8) is 0 Å². The van der Waals surface area contributed by atoms with Crippen molar-refractivity contribution in [1.82, 2.24) is 9.80 Å². The van der Waals surface area contributed by atoms with Gasteiger partial charge in [0.15, 0.2) is 0 Å². The van der Waals surface area contributed by atoms with E-state index in [1.165, 1.54) is 19.3 Å². The Labute approximate surface area is 168 Å². The molecule has 0 N–H and O–H groups in total. The molecule has 0 atom stereocenters. The van der Waals surface area contributed by atoms with Crippen LogP contribution in [-0.2, 0) is 9.53 Å². The molecule has 0 bridgehead atoms. The largest absolute Gasteiger partial charge is 0.490 e. The van der Waals surface area contributed by atoms with E-state index >= 15 is 0 Å². The number of nitrogens with zero attached hydrogens (tertiary/aromatic N) is 3. The Morgan fingerprint density at radius 2 is 1.75 bits per heavy atom. The van der Waals surface area contributed by atoms with Crippen LogP contribution in [0, 0.1) is 0 Å². The lowest BCUT2D eigenvalue weighted by molar-refractivity contribution is -0.120. The Bertz CT molecular complexity index is 633. The van der Waals surface area contributed by atoms with E-state index in [2.05, 4.69) is 9.80 Å². The molecule has 0 unspecified atom stereocenters. The minimum atomic E-state index is 0.110. The Morgan fingerprint density at radius 3 is 2.36 bits per heavy atom. The van der Waals surface area contributed by atoms with Crippen LogP contribution in [0.25, 0.3) is 0 Å². The molecule has 6 heteroatoms. The SMILES string of the molecule is CN(C(=O)CN1CCOCC1)c1ccc(OC2CCN(C3CCC3)CC2)cc1. The molecule has 4 rings (SSSR count). The number of hydrogen-bond donors (Lipinski definition) is 0. The van der Waals surface area contributed by atoms with Crippen LogP contribution in [0.3, 0.4) is 0 Å². The zero-order valence-corrected chi connectivity index (χ0v) is 17.0. The van der Waals surface area contributed by atoms with Gasteiger partial charge in [-0.25, -0.2) is 0 Å². The van der Waals surface area contributed by atoms with Gasteiger partial charge in [0.2, 0.25) is 5.91 Å². The second-order valence-electron chi connectivity index (χ2n) is 8.27. The highest BCUT2D eigenvalue weighted by Crippen LogP contribution is 2.29. The minimum absolute atomic E-state index is 0.110. The summed E-state index contributed by atoms with van der Waals surface area (Å²) >= 11 is 0. The van der Waals surface area contributed by atoms with Crippen molar-refractivity contribution in [2.75, 3.05) is 57.9 Å². The van der Waals surface area contributed by atoms with Crippen molar-refractivity contribution in [3.8, 4) is 5.75 Å². The molecule has 1 amide bonds. The molecule has 1 aromatic rings. The molecule has 3 fully saturated rings. The second-order valence-corrected chi connectivity index (χ2v) is 8.27. The van der Waals surface area contributed by atoms with E-state index in [-0.39, 0.29) is 5.91 Å². The van der Waals surface area contributed by atoms with E-state index in [1.807, 2.05) is 31.3 Å². The highest BCUT2D eigenvalue weighted by atomic mass is 16.5. The molecule has 154 valence electrons. The molecular formula is C22H33N3O3. The summed E-state index contributed by atoms with van der Waals surface area (Å²) in [7, 11) is 1.84. The van der Waals surface area contributed by atoms with Gasteiger partial charge in [-0.05, 0) is 49.9 Å². The normalized spacial score (nSPS) is 22.6. The molecular weight excluding hydrogens is 354 g/mol. The first-order chi connectivity index (χ1) is 13.7. The second kappa shape index (κ2) is 9.25. The van der Waals surface area contributed by atoms with E-state index in [0.29, 0.717) is 25.9 Å². The van der Waals surface area contributed by atoms with Crippen LogP contribution in [0.2, 0.25) is 0 Å². The van der Waals surface area contributed by atoms with E-state index < -0.39 is 0 Å². The molecule has 0 spiro atoms. The lowest BCUT2D eigenvalue weighted by atomic mass is 9.90. The third kappa shape index (κ3) is 4.85. The number of rotatable bonds is 6.